The third kappa shape index (κ3) is 2.45. The molecule has 2 heterocycles. The van der Waals surface area contributed by atoms with Crippen LogP contribution in [0, 0.1) is 6.92 Å². The minimum absolute atomic E-state index is 0.0876. The lowest BCUT2D eigenvalue weighted by Gasteiger charge is -2.19. The van der Waals surface area contributed by atoms with Crippen molar-refractivity contribution in [1.82, 2.24) is 19.3 Å². The molecule has 2 aromatic heterocycles. The summed E-state index contributed by atoms with van der Waals surface area (Å²) >= 11 is 0. The lowest BCUT2D eigenvalue weighted by molar-refractivity contribution is 0.137. The van der Waals surface area contributed by atoms with Crippen LogP contribution in [0.5, 0.6) is 0 Å². The number of hydrogen-bond acceptors (Lipinski definition) is 3. The summed E-state index contributed by atoms with van der Waals surface area (Å²) in [5.41, 5.74) is 5.14. The molecule has 1 fully saturated rings. The summed E-state index contributed by atoms with van der Waals surface area (Å²) in [5, 5.41) is 14.9. The largest absolute Gasteiger partial charge is 0.391 e. The van der Waals surface area contributed by atoms with Gasteiger partial charge in [0.2, 0.25) is 0 Å². The highest BCUT2D eigenvalue weighted by molar-refractivity contribution is 5.79. The second-order valence-corrected chi connectivity index (χ2v) is 6.58. The maximum Gasteiger partial charge on any atom is 0.0964 e. The fraction of sp³-hybridized carbons (Fsp3) is 0.368. The van der Waals surface area contributed by atoms with Crippen molar-refractivity contribution in [3.63, 3.8) is 0 Å². The second-order valence-electron chi connectivity index (χ2n) is 6.58. The highest BCUT2D eigenvalue weighted by Crippen LogP contribution is 2.39. The number of benzene rings is 1. The van der Waals surface area contributed by atoms with E-state index in [1.165, 1.54) is 0 Å². The number of imidazole rings is 1. The van der Waals surface area contributed by atoms with E-state index in [4.69, 9.17) is 4.98 Å². The van der Waals surface area contributed by atoms with E-state index in [9.17, 15) is 5.11 Å². The lowest BCUT2D eigenvalue weighted by Crippen LogP contribution is -2.18. The molecule has 5 nitrogen and oxygen atoms in total. The van der Waals surface area contributed by atoms with Gasteiger partial charge in [0.15, 0.2) is 0 Å². The first-order chi connectivity index (χ1) is 11.6. The van der Waals surface area contributed by atoms with Crippen LogP contribution in [0.15, 0.2) is 42.9 Å². The number of aromatic nitrogens is 4. The maximum atomic E-state index is 10.4. The van der Waals surface area contributed by atoms with E-state index in [1.54, 1.807) is 0 Å². The topological polar surface area (TPSA) is 55.9 Å². The summed E-state index contributed by atoms with van der Waals surface area (Å²) in [4.78, 5) is 4.71. The molecular weight excluding hydrogens is 300 g/mol. The Balaban J connectivity index is 1.93. The van der Waals surface area contributed by atoms with Crippen LogP contribution in [0.3, 0.4) is 0 Å². The first-order valence-electron chi connectivity index (χ1n) is 8.46. The van der Waals surface area contributed by atoms with E-state index in [0.717, 1.165) is 47.5 Å². The molecule has 0 aliphatic heterocycles. The molecule has 1 unspecified atom stereocenters. The van der Waals surface area contributed by atoms with Crippen molar-refractivity contribution in [3.8, 4) is 22.5 Å². The van der Waals surface area contributed by atoms with Gasteiger partial charge in [0.1, 0.15) is 0 Å². The van der Waals surface area contributed by atoms with E-state index >= 15 is 0 Å². The summed E-state index contributed by atoms with van der Waals surface area (Å²) in [6.45, 7) is 2.02. The SMILES string of the molecule is Cc1nn(C)cc1-c1c(-c2ccccc2)ncn1C1CCC[C@@H]1O. The molecule has 24 heavy (non-hydrogen) atoms. The molecule has 0 radical (unpaired) electrons. The Kier molecular flexibility index (Phi) is 3.73. The monoisotopic (exact) mass is 322 g/mol. The van der Waals surface area contributed by atoms with Gasteiger partial charge in [0, 0.05) is 24.4 Å². The van der Waals surface area contributed by atoms with Crippen LogP contribution in [-0.4, -0.2) is 30.5 Å². The van der Waals surface area contributed by atoms with Crippen LogP contribution in [0.1, 0.15) is 31.0 Å². The average Bonchev–Trinajstić information content (AvgIpc) is 3.26. The Bertz CT molecular complexity index is 850. The van der Waals surface area contributed by atoms with Gasteiger partial charge in [0.05, 0.1) is 35.6 Å². The molecular formula is C19H22N4O. The number of aliphatic hydroxyl groups excluding tert-OH is 1. The van der Waals surface area contributed by atoms with Crippen molar-refractivity contribution in [1.29, 1.82) is 0 Å². The standard InChI is InChI=1S/C19H22N4O/c1-13-15(11-22(2)21-13)19-18(14-7-4-3-5-8-14)20-12-23(19)16-9-6-10-17(16)24/h3-5,7-8,11-12,16-17,24H,6,9-10H2,1-2H3/t16?,17-/m0/s1. The van der Waals surface area contributed by atoms with Gasteiger partial charge in [-0.25, -0.2) is 4.98 Å². The second kappa shape index (κ2) is 5.91. The van der Waals surface area contributed by atoms with Gasteiger partial charge >= 0.3 is 0 Å². The third-order valence-corrected chi connectivity index (χ3v) is 4.91. The summed E-state index contributed by atoms with van der Waals surface area (Å²) < 4.78 is 3.99. The van der Waals surface area contributed by atoms with Gasteiger partial charge in [-0.3, -0.25) is 4.68 Å². The predicted octanol–water partition coefficient (Wildman–Crippen LogP) is 3.34. The maximum absolute atomic E-state index is 10.4. The molecule has 4 rings (SSSR count). The van der Waals surface area contributed by atoms with Crippen molar-refractivity contribution in [2.45, 2.75) is 38.3 Å². The van der Waals surface area contributed by atoms with E-state index in [2.05, 4.69) is 21.8 Å². The third-order valence-electron chi connectivity index (χ3n) is 4.91. The Morgan fingerprint density at radius 2 is 1.96 bits per heavy atom. The smallest absolute Gasteiger partial charge is 0.0964 e. The molecule has 0 saturated heterocycles. The van der Waals surface area contributed by atoms with Crippen molar-refractivity contribution < 1.29 is 5.11 Å². The van der Waals surface area contributed by atoms with E-state index in [1.807, 2.05) is 49.4 Å². The summed E-state index contributed by atoms with van der Waals surface area (Å²) in [7, 11) is 1.93. The van der Waals surface area contributed by atoms with Crippen LogP contribution >= 0.6 is 0 Å². The fourth-order valence-electron chi connectivity index (χ4n) is 3.76. The molecule has 0 amide bonds. The molecule has 3 aromatic rings. The summed E-state index contributed by atoms with van der Waals surface area (Å²) in [6, 6.07) is 10.3. The first-order valence-corrected chi connectivity index (χ1v) is 8.46. The highest BCUT2D eigenvalue weighted by Gasteiger charge is 2.30. The van der Waals surface area contributed by atoms with Crippen LogP contribution in [0.2, 0.25) is 0 Å². The number of hydrogen-bond donors (Lipinski definition) is 1. The van der Waals surface area contributed by atoms with E-state index in [-0.39, 0.29) is 12.1 Å². The Morgan fingerprint density at radius 1 is 1.17 bits per heavy atom. The van der Waals surface area contributed by atoms with Crippen molar-refractivity contribution >= 4 is 0 Å². The number of aryl methyl sites for hydroxylation is 2. The van der Waals surface area contributed by atoms with Gasteiger partial charge in [-0.15, -0.1) is 0 Å². The zero-order chi connectivity index (χ0) is 16.7. The average molecular weight is 322 g/mol. The van der Waals surface area contributed by atoms with Crippen molar-refractivity contribution in [3.05, 3.63) is 48.5 Å². The van der Waals surface area contributed by atoms with E-state index < -0.39 is 0 Å². The van der Waals surface area contributed by atoms with Gasteiger partial charge in [-0.1, -0.05) is 30.3 Å². The summed E-state index contributed by atoms with van der Waals surface area (Å²) in [6.07, 6.45) is 6.50. The molecule has 1 aromatic carbocycles. The molecule has 1 aliphatic rings. The normalized spacial score (nSPS) is 20.6. The van der Waals surface area contributed by atoms with Crippen LogP contribution in [0.25, 0.3) is 22.5 Å². The first kappa shape index (κ1) is 15.1. The highest BCUT2D eigenvalue weighted by atomic mass is 16.3. The van der Waals surface area contributed by atoms with E-state index in [0.29, 0.717) is 0 Å². The minimum Gasteiger partial charge on any atom is -0.391 e. The molecule has 1 aliphatic carbocycles. The van der Waals surface area contributed by atoms with Gasteiger partial charge in [-0.05, 0) is 26.2 Å². The molecule has 1 N–H and O–H groups in total. The van der Waals surface area contributed by atoms with Crippen LogP contribution in [0.4, 0.5) is 0 Å². The minimum atomic E-state index is -0.307. The zero-order valence-corrected chi connectivity index (χ0v) is 14.1. The fourth-order valence-corrected chi connectivity index (χ4v) is 3.76. The molecule has 0 spiro atoms. The number of aliphatic hydroxyl groups is 1. The predicted molar refractivity (Wildman–Crippen MR) is 93.5 cm³/mol. The number of nitrogens with zero attached hydrogens (tertiary/aromatic N) is 4. The van der Waals surface area contributed by atoms with Crippen molar-refractivity contribution in [2.75, 3.05) is 0 Å². The van der Waals surface area contributed by atoms with Gasteiger partial charge < -0.3 is 9.67 Å². The van der Waals surface area contributed by atoms with Crippen LogP contribution in [-0.2, 0) is 7.05 Å². The zero-order valence-electron chi connectivity index (χ0n) is 14.1. The lowest BCUT2D eigenvalue weighted by atomic mass is 10.0. The van der Waals surface area contributed by atoms with Gasteiger partial charge in [0.25, 0.3) is 0 Å². The Labute approximate surface area is 141 Å². The Morgan fingerprint density at radius 3 is 2.58 bits per heavy atom. The van der Waals surface area contributed by atoms with Gasteiger partial charge in [-0.2, -0.15) is 5.10 Å². The molecule has 5 heteroatoms. The molecule has 124 valence electrons. The molecule has 0 bridgehead atoms. The molecule has 1 saturated carbocycles. The summed E-state index contributed by atoms with van der Waals surface area (Å²) in [5.74, 6) is 0. The van der Waals surface area contributed by atoms with Crippen molar-refractivity contribution in [2.24, 2.45) is 7.05 Å². The quantitative estimate of drug-likeness (QED) is 0.804. The number of rotatable bonds is 3. The molecule has 2 atom stereocenters. The Hall–Kier alpha value is -2.40. The van der Waals surface area contributed by atoms with Crippen LogP contribution < -0.4 is 0 Å².